The van der Waals surface area contributed by atoms with Crippen molar-refractivity contribution in [3.63, 3.8) is 0 Å². The van der Waals surface area contributed by atoms with Gasteiger partial charge in [0.2, 0.25) is 0 Å². The second-order valence-corrected chi connectivity index (χ2v) is 5.29. The van der Waals surface area contributed by atoms with Gasteiger partial charge in [-0.3, -0.25) is 0 Å². The lowest BCUT2D eigenvalue weighted by Gasteiger charge is -2.33. The molecule has 1 heterocycles. The summed E-state index contributed by atoms with van der Waals surface area (Å²) in [5.74, 6) is -0.142. The summed E-state index contributed by atoms with van der Waals surface area (Å²) in [4.78, 5) is 13.3. The normalized spacial score (nSPS) is 22.6. The molecule has 0 bridgehead atoms. The fourth-order valence-corrected chi connectivity index (χ4v) is 2.31. The molecular weight excluding hydrogens is 259 g/mol. The Bertz CT molecular complexity index is 450. The fourth-order valence-electron chi connectivity index (χ4n) is 2.31. The van der Waals surface area contributed by atoms with Crippen LogP contribution in [0.25, 0.3) is 0 Å². The van der Waals surface area contributed by atoms with Crippen LogP contribution < -0.4 is 5.73 Å². The number of carbonyl (C=O) groups excluding carboxylic acids is 1. The van der Waals surface area contributed by atoms with Gasteiger partial charge in [0.1, 0.15) is 12.8 Å². The van der Waals surface area contributed by atoms with Crippen molar-refractivity contribution in [3.8, 4) is 0 Å². The van der Waals surface area contributed by atoms with Crippen molar-refractivity contribution in [1.29, 1.82) is 0 Å². The highest BCUT2D eigenvalue weighted by Crippen LogP contribution is 2.20. The summed E-state index contributed by atoms with van der Waals surface area (Å²) in [6.45, 7) is 3.13. The molecule has 0 radical (unpaired) electrons. The molecule has 1 saturated heterocycles. The van der Waals surface area contributed by atoms with Crippen molar-refractivity contribution < 1.29 is 13.9 Å². The van der Waals surface area contributed by atoms with Crippen molar-refractivity contribution in [2.75, 3.05) is 19.6 Å². The summed E-state index contributed by atoms with van der Waals surface area (Å²) in [6.07, 6.45) is -0.915. The molecule has 110 valence electrons. The van der Waals surface area contributed by atoms with Crippen molar-refractivity contribution in [1.82, 2.24) is 4.90 Å². The molecule has 2 N–H and O–H groups in total. The molecule has 1 aliphatic heterocycles. The van der Waals surface area contributed by atoms with E-state index in [1.807, 2.05) is 31.2 Å². The topological polar surface area (TPSA) is 55.6 Å². The van der Waals surface area contributed by atoms with Gasteiger partial charge in [-0.1, -0.05) is 29.8 Å². The molecule has 1 aromatic rings. The summed E-state index contributed by atoms with van der Waals surface area (Å²) < 4.78 is 19.0. The van der Waals surface area contributed by atoms with E-state index in [0.29, 0.717) is 19.5 Å². The summed E-state index contributed by atoms with van der Waals surface area (Å²) in [5.41, 5.74) is 7.57. The smallest absolute Gasteiger partial charge is 0.410 e. The van der Waals surface area contributed by atoms with Crippen LogP contribution in [-0.2, 0) is 11.3 Å². The summed E-state index contributed by atoms with van der Waals surface area (Å²) >= 11 is 0. The monoisotopic (exact) mass is 280 g/mol. The maximum Gasteiger partial charge on any atom is 0.410 e. The highest BCUT2D eigenvalue weighted by molar-refractivity contribution is 5.67. The third-order valence-corrected chi connectivity index (χ3v) is 3.72. The summed E-state index contributed by atoms with van der Waals surface area (Å²) in [7, 11) is 0. The van der Waals surface area contributed by atoms with Crippen LogP contribution in [0.5, 0.6) is 0 Å². The molecule has 0 spiro atoms. The number of nitrogens with two attached hydrogens (primary N) is 1. The van der Waals surface area contributed by atoms with Crippen LogP contribution in [-0.4, -0.2) is 36.8 Å². The first-order chi connectivity index (χ1) is 9.60. The number of piperidine rings is 1. The molecule has 0 saturated carbocycles. The predicted molar refractivity (Wildman–Crippen MR) is 75.0 cm³/mol. The van der Waals surface area contributed by atoms with Gasteiger partial charge >= 0.3 is 6.09 Å². The molecule has 0 aromatic heterocycles. The van der Waals surface area contributed by atoms with Crippen molar-refractivity contribution >= 4 is 6.09 Å². The zero-order valence-electron chi connectivity index (χ0n) is 11.7. The van der Waals surface area contributed by atoms with Crippen LogP contribution in [0.15, 0.2) is 24.3 Å². The summed E-state index contributed by atoms with van der Waals surface area (Å²) in [5, 5.41) is 0. The van der Waals surface area contributed by atoms with Crippen LogP contribution >= 0.6 is 0 Å². The molecule has 5 heteroatoms. The Hall–Kier alpha value is -1.62. The van der Waals surface area contributed by atoms with Gasteiger partial charge in [-0.25, -0.2) is 9.18 Å². The Morgan fingerprint density at radius 2 is 2.15 bits per heavy atom. The van der Waals surface area contributed by atoms with E-state index < -0.39 is 12.3 Å². The van der Waals surface area contributed by atoms with Gasteiger partial charge in [0.25, 0.3) is 0 Å². The van der Waals surface area contributed by atoms with Gasteiger partial charge in [0.05, 0.1) is 6.54 Å². The number of hydrogen-bond acceptors (Lipinski definition) is 3. The van der Waals surface area contributed by atoms with Gasteiger partial charge < -0.3 is 15.4 Å². The minimum atomic E-state index is -1.05. The SMILES string of the molecule is Cc1ccc(COC(=O)N2CC[C@@H](CN)[C@@H](F)C2)cc1. The molecule has 1 fully saturated rings. The number of alkyl halides is 1. The first-order valence-corrected chi connectivity index (χ1v) is 6.91. The average Bonchev–Trinajstić information content (AvgIpc) is 2.46. The average molecular weight is 280 g/mol. The highest BCUT2D eigenvalue weighted by atomic mass is 19.1. The highest BCUT2D eigenvalue weighted by Gasteiger charge is 2.31. The van der Waals surface area contributed by atoms with Crippen molar-refractivity contribution in [2.45, 2.75) is 26.1 Å². The maximum absolute atomic E-state index is 13.7. The molecular formula is C15H21FN2O2. The third kappa shape index (κ3) is 3.70. The van der Waals surface area contributed by atoms with Crippen molar-refractivity contribution in [3.05, 3.63) is 35.4 Å². The lowest BCUT2D eigenvalue weighted by atomic mass is 9.95. The number of halogens is 1. The quantitative estimate of drug-likeness (QED) is 0.924. The Morgan fingerprint density at radius 3 is 2.75 bits per heavy atom. The van der Waals surface area contributed by atoms with Gasteiger partial charge in [-0.15, -0.1) is 0 Å². The van der Waals surface area contributed by atoms with Gasteiger partial charge in [0, 0.05) is 12.5 Å². The van der Waals surface area contributed by atoms with Gasteiger partial charge in [-0.2, -0.15) is 0 Å². The number of aryl methyl sites for hydroxylation is 1. The van der Waals surface area contributed by atoms with E-state index in [1.54, 1.807) is 0 Å². The number of amides is 1. The number of rotatable bonds is 3. The molecule has 0 unspecified atom stereocenters. The van der Waals surface area contributed by atoms with E-state index >= 15 is 0 Å². The van der Waals surface area contributed by atoms with E-state index in [4.69, 9.17) is 10.5 Å². The predicted octanol–water partition coefficient (Wildman–Crippen LogP) is 2.25. The lowest BCUT2D eigenvalue weighted by molar-refractivity contribution is 0.0536. The first-order valence-electron chi connectivity index (χ1n) is 6.91. The Balaban J connectivity index is 1.82. The number of hydrogen-bond donors (Lipinski definition) is 1. The standard InChI is InChI=1S/C15H21FN2O2/c1-11-2-4-12(5-3-11)10-20-15(19)18-7-6-13(8-17)14(16)9-18/h2-5,13-14H,6-10,17H2,1H3/t13-,14-/m0/s1. The molecule has 0 aliphatic carbocycles. The van der Waals surface area contributed by atoms with Crippen LogP contribution in [0, 0.1) is 12.8 Å². The van der Waals surface area contributed by atoms with Gasteiger partial charge in [0.15, 0.2) is 0 Å². The third-order valence-electron chi connectivity index (χ3n) is 3.72. The minimum Gasteiger partial charge on any atom is -0.445 e. The zero-order valence-corrected chi connectivity index (χ0v) is 11.7. The maximum atomic E-state index is 13.7. The molecule has 1 aliphatic rings. The van der Waals surface area contributed by atoms with E-state index in [-0.39, 0.29) is 19.1 Å². The minimum absolute atomic E-state index is 0.0780. The number of benzene rings is 1. The number of carbonyl (C=O) groups is 1. The number of likely N-dealkylation sites (tertiary alicyclic amines) is 1. The van der Waals surface area contributed by atoms with Crippen LogP contribution in [0.2, 0.25) is 0 Å². The largest absolute Gasteiger partial charge is 0.445 e. The van der Waals surface area contributed by atoms with Crippen molar-refractivity contribution in [2.24, 2.45) is 11.7 Å². The second kappa shape index (κ2) is 6.70. The second-order valence-electron chi connectivity index (χ2n) is 5.29. The molecule has 2 rings (SSSR count). The summed E-state index contributed by atoms with van der Waals surface area (Å²) in [6, 6.07) is 7.77. The van der Waals surface area contributed by atoms with Crippen LogP contribution in [0.4, 0.5) is 9.18 Å². The number of nitrogens with zero attached hydrogens (tertiary/aromatic N) is 1. The Morgan fingerprint density at radius 1 is 1.45 bits per heavy atom. The first kappa shape index (κ1) is 14.8. The van der Waals surface area contributed by atoms with Gasteiger partial charge in [-0.05, 0) is 25.5 Å². The lowest BCUT2D eigenvalue weighted by Crippen LogP contribution is -2.46. The fraction of sp³-hybridized carbons (Fsp3) is 0.533. The number of ether oxygens (including phenoxy) is 1. The van der Waals surface area contributed by atoms with E-state index in [0.717, 1.165) is 11.1 Å². The van der Waals surface area contributed by atoms with E-state index in [1.165, 1.54) is 4.90 Å². The molecule has 4 nitrogen and oxygen atoms in total. The molecule has 1 amide bonds. The zero-order chi connectivity index (χ0) is 14.5. The van der Waals surface area contributed by atoms with E-state index in [2.05, 4.69) is 0 Å². The van der Waals surface area contributed by atoms with Crippen LogP contribution in [0.3, 0.4) is 0 Å². The Kier molecular flexibility index (Phi) is 4.95. The molecule has 2 atom stereocenters. The van der Waals surface area contributed by atoms with E-state index in [9.17, 15) is 9.18 Å². The van der Waals surface area contributed by atoms with Crippen LogP contribution in [0.1, 0.15) is 17.5 Å². The Labute approximate surface area is 118 Å². The molecule has 20 heavy (non-hydrogen) atoms. The molecule has 1 aromatic carbocycles.